The number of likely N-dealkylation sites (tertiary alicyclic amines) is 1. The normalized spacial score (nSPS) is 15.5. The number of aliphatic hydroxyl groups is 1. The highest BCUT2D eigenvalue weighted by atomic mass is 35.5. The van der Waals surface area contributed by atoms with Gasteiger partial charge in [0.1, 0.15) is 5.82 Å². The minimum absolute atomic E-state index is 0.0364. The molecule has 0 radical (unpaired) electrons. The molecule has 5 aromatic carbocycles. The van der Waals surface area contributed by atoms with E-state index in [1.165, 1.54) is 24.5 Å². The van der Waals surface area contributed by atoms with E-state index in [0.29, 0.717) is 102 Å². The van der Waals surface area contributed by atoms with E-state index >= 15 is 4.39 Å². The van der Waals surface area contributed by atoms with Gasteiger partial charge in [0.05, 0.1) is 33.5 Å². The Morgan fingerprint density at radius 1 is 0.753 bits per heavy atom. The molecule has 0 spiro atoms. The zero-order chi connectivity index (χ0) is 56.0. The zero-order valence-corrected chi connectivity index (χ0v) is 47.7. The van der Waals surface area contributed by atoms with E-state index in [1.807, 2.05) is 79.1 Å². The van der Waals surface area contributed by atoms with Crippen molar-refractivity contribution in [3.05, 3.63) is 137 Å². The quantitative estimate of drug-likeness (QED) is 0.0586. The van der Waals surface area contributed by atoms with Crippen LogP contribution in [-0.4, -0.2) is 122 Å². The Balaban J connectivity index is 0.000000233. The highest BCUT2D eigenvalue weighted by Gasteiger charge is 2.48. The number of aryl methyl sites for hydroxylation is 1. The number of hydrogen-bond donors (Lipinski definition) is 3. The number of halogens is 5. The van der Waals surface area contributed by atoms with E-state index in [9.17, 15) is 43.5 Å². The van der Waals surface area contributed by atoms with Gasteiger partial charge in [0, 0.05) is 108 Å². The van der Waals surface area contributed by atoms with Crippen LogP contribution in [-0.2, 0) is 29.7 Å². The van der Waals surface area contributed by atoms with E-state index in [0.717, 1.165) is 41.6 Å². The summed E-state index contributed by atoms with van der Waals surface area (Å²) in [4.78, 5) is 6.97. The maximum Gasteiger partial charge on any atom is 0.501 e. The first-order valence-electron chi connectivity index (χ1n) is 25.0. The van der Waals surface area contributed by atoms with Crippen LogP contribution in [0.25, 0.3) is 22.4 Å². The Hall–Kier alpha value is -5.29. The molecule has 6 aromatic rings. The Bertz CT molecular complexity index is 3330. The number of hydrogen-bond acceptors (Lipinski definition) is 12. The van der Waals surface area contributed by atoms with Crippen LogP contribution in [0.3, 0.4) is 0 Å². The number of sulfone groups is 2. The van der Waals surface area contributed by atoms with E-state index < -0.39 is 45.9 Å². The molecule has 2 saturated heterocycles. The van der Waals surface area contributed by atoms with Crippen LogP contribution in [0.15, 0.2) is 130 Å². The van der Waals surface area contributed by atoms with Crippen LogP contribution in [0.2, 0.25) is 5.02 Å². The molecule has 0 amide bonds. The largest absolute Gasteiger partial charge is 0.501 e. The lowest BCUT2D eigenvalue weighted by Crippen LogP contribution is -2.46. The second-order valence-electron chi connectivity index (χ2n) is 19.7. The number of piperidine rings is 1. The molecular formula is C55H65ClF4N6O7S4. The van der Waals surface area contributed by atoms with Crippen LogP contribution in [0.4, 0.5) is 40.3 Å². The summed E-state index contributed by atoms with van der Waals surface area (Å²) >= 11 is 7.75. The van der Waals surface area contributed by atoms with Gasteiger partial charge in [-0.05, 0) is 143 Å². The molecule has 2 aliphatic rings. The van der Waals surface area contributed by atoms with Crippen LogP contribution in [0, 0.1) is 19.7 Å². The number of sulfonamides is 1. The number of rotatable bonds is 17. The summed E-state index contributed by atoms with van der Waals surface area (Å²) in [6.45, 7) is 12.1. The summed E-state index contributed by atoms with van der Waals surface area (Å²) in [6.07, 6.45) is 4.03. The third kappa shape index (κ3) is 15.3. The highest BCUT2D eigenvalue weighted by molar-refractivity contribution is 7.99. The van der Waals surface area contributed by atoms with Crippen molar-refractivity contribution in [3.63, 3.8) is 0 Å². The number of nitrogens with one attached hydrogen (secondary N) is 2. The molecule has 2 fully saturated rings. The first-order chi connectivity index (χ1) is 36.2. The summed E-state index contributed by atoms with van der Waals surface area (Å²) in [5.41, 5.74) is 0.194. The second kappa shape index (κ2) is 24.8. The Labute approximate surface area is 459 Å². The fourth-order valence-electron chi connectivity index (χ4n) is 9.73. The predicted octanol–water partition coefficient (Wildman–Crippen LogP) is 11.3. The van der Waals surface area contributed by atoms with Crippen molar-refractivity contribution in [2.24, 2.45) is 0 Å². The number of benzene rings is 5. The third-order valence-electron chi connectivity index (χ3n) is 13.4. The van der Waals surface area contributed by atoms with Crippen molar-refractivity contribution in [2.45, 2.75) is 85.3 Å². The molecular weight excluding hydrogens is 1100 g/mol. The molecule has 0 unspecified atom stereocenters. The number of piperazine rings is 1. The maximum absolute atomic E-state index is 15.4. The first-order valence-corrected chi connectivity index (χ1v) is 31.7. The number of thioether (sulfide) groups is 1. The summed E-state index contributed by atoms with van der Waals surface area (Å²) in [5.74, 6) is 0.102. The van der Waals surface area contributed by atoms with Crippen LogP contribution < -0.4 is 19.8 Å². The van der Waals surface area contributed by atoms with Gasteiger partial charge in [-0.25, -0.2) is 29.6 Å². The number of nitrogens with zero attached hydrogens (tertiary/aromatic N) is 4. The average molecular weight is 1160 g/mol. The van der Waals surface area contributed by atoms with Crippen LogP contribution >= 0.6 is 23.4 Å². The van der Waals surface area contributed by atoms with E-state index in [-0.39, 0.29) is 28.8 Å². The number of alkyl halides is 3. The molecule has 0 bridgehead atoms. The lowest BCUT2D eigenvalue weighted by molar-refractivity contribution is -0.0435. The maximum atomic E-state index is 15.4. The Kier molecular flexibility index (Phi) is 19.1. The van der Waals surface area contributed by atoms with Gasteiger partial charge in [-0.1, -0.05) is 48.0 Å². The van der Waals surface area contributed by atoms with Gasteiger partial charge in [0.2, 0.25) is 10.0 Å². The molecule has 77 heavy (non-hydrogen) atoms. The van der Waals surface area contributed by atoms with Crippen LogP contribution in [0.1, 0.15) is 50.4 Å². The molecule has 0 saturated carbocycles. The van der Waals surface area contributed by atoms with Crippen molar-refractivity contribution in [2.75, 3.05) is 83.9 Å². The van der Waals surface area contributed by atoms with Gasteiger partial charge in [0.15, 0.2) is 9.84 Å². The molecule has 3 heterocycles. The summed E-state index contributed by atoms with van der Waals surface area (Å²) in [5, 5.41) is 13.4. The van der Waals surface area contributed by atoms with E-state index in [4.69, 9.17) is 11.6 Å². The summed E-state index contributed by atoms with van der Waals surface area (Å²) in [7, 11) is -12.5. The van der Waals surface area contributed by atoms with Crippen molar-refractivity contribution in [1.29, 1.82) is 0 Å². The average Bonchev–Trinajstić information content (AvgIpc) is 3.79. The molecule has 22 heteroatoms. The van der Waals surface area contributed by atoms with E-state index in [2.05, 4.69) is 24.7 Å². The lowest BCUT2D eigenvalue weighted by atomic mass is 9.99. The van der Waals surface area contributed by atoms with Crippen LogP contribution in [0.5, 0.6) is 0 Å². The van der Waals surface area contributed by atoms with Crippen molar-refractivity contribution in [3.8, 4) is 22.4 Å². The van der Waals surface area contributed by atoms with Gasteiger partial charge in [-0.2, -0.15) is 13.2 Å². The molecule has 8 rings (SSSR count). The molecule has 2 aliphatic heterocycles. The minimum Gasteiger partial charge on any atom is -0.393 e. The van der Waals surface area contributed by atoms with Gasteiger partial charge >= 0.3 is 5.51 Å². The fourth-order valence-corrected chi connectivity index (χ4v) is 13.6. The number of anilines is 4. The molecule has 1 aromatic heterocycles. The Morgan fingerprint density at radius 3 is 1.94 bits per heavy atom. The van der Waals surface area contributed by atoms with Crippen molar-refractivity contribution < 1.29 is 47.9 Å². The van der Waals surface area contributed by atoms with E-state index in [1.54, 1.807) is 55.9 Å². The molecule has 416 valence electrons. The van der Waals surface area contributed by atoms with Gasteiger partial charge < -0.3 is 29.7 Å². The van der Waals surface area contributed by atoms with Gasteiger partial charge in [-0.15, -0.1) is 11.8 Å². The molecule has 1 atom stereocenters. The summed E-state index contributed by atoms with van der Waals surface area (Å²) in [6, 6.07) is 32.6. The number of aliphatic hydroxyl groups excluding tert-OH is 1. The molecule has 0 aliphatic carbocycles. The standard InChI is InChI=1S/C32H36ClFN4O4S2.C23H29F3N2O3S2/c1-21(2)38-22(3)32(43(4,39)40)30(31(38)23-6-8-25(33)9-7-23)24-18-26(34)20-29(19-24)37-16-14-36(15-17-37)28-12-10-27(11-13-28)35-44(5,41)42;1-17-7-8-21(22(15-17)33(30,31)23(24,25)26)27-18(16-32-20-5-3-2-4-6-20)9-12-28-13-10-19(29)11-14-28/h6-13,18-21,35H,14-17H2,1-5H3;2-8,15,18-19,27,29H,9-14,16H2,1H3/t;18-/m.1/s1. The Morgan fingerprint density at radius 2 is 1.36 bits per heavy atom. The number of aromatic nitrogens is 1. The van der Waals surface area contributed by atoms with Gasteiger partial charge in [-0.3, -0.25) is 4.72 Å². The zero-order valence-electron chi connectivity index (χ0n) is 43.7. The monoisotopic (exact) mass is 1160 g/mol. The SMILES string of the molecule is Cc1c(S(C)(=O)=O)c(-c2cc(F)cc(N3CCN(c4ccc(NS(C)(=O)=O)cc4)CC3)c2)c(-c2ccc(Cl)cc2)n1C(C)C.Cc1ccc(N[C@H](CCN2CCC(O)CC2)CSc2ccccc2)c(S(=O)(=O)C(F)(F)F)c1. The van der Waals surface area contributed by atoms with Crippen molar-refractivity contribution in [1.82, 2.24) is 9.47 Å². The minimum atomic E-state index is -5.49. The molecule has 13 nitrogen and oxygen atoms in total. The third-order valence-corrected chi connectivity index (χ3v) is 18.2. The highest BCUT2D eigenvalue weighted by Crippen LogP contribution is 2.45. The topological polar surface area (TPSA) is 161 Å². The first kappa shape index (κ1) is 59.4. The summed E-state index contributed by atoms with van der Waals surface area (Å²) < 4.78 is 134. The fraction of sp³-hybridized carbons (Fsp3) is 0.382. The lowest BCUT2D eigenvalue weighted by Gasteiger charge is -2.37. The smallest absolute Gasteiger partial charge is 0.393 e. The molecule has 3 N–H and O–H groups in total. The van der Waals surface area contributed by atoms with Crippen molar-refractivity contribution >= 4 is 75.8 Å². The second-order valence-corrected chi connectivity index (χ2v) is 26.9. The predicted molar refractivity (Wildman–Crippen MR) is 303 cm³/mol. The van der Waals surface area contributed by atoms with Gasteiger partial charge in [0.25, 0.3) is 9.84 Å².